The van der Waals surface area contributed by atoms with Gasteiger partial charge in [0, 0.05) is 5.92 Å². The normalized spacial score (nSPS) is 47.1. The molecule has 29 heavy (non-hydrogen) atoms. The third-order valence-corrected chi connectivity index (χ3v) is 9.49. The second-order valence-corrected chi connectivity index (χ2v) is 10.7. The average Bonchev–Trinajstić information content (AvgIpc) is 2.95. The quantitative estimate of drug-likeness (QED) is 0.711. The number of amides is 1. The molecule has 0 heterocycles. The molecule has 0 aliphatic heterocycles. The minimum atomic E-state index is -0.889. The molecule has 1 amide bonds. The predicted octanol–water partition coefficient (Wildman–Crippen LogP) is 3.37. The van der Waals surface area contributed by atoms with E-state index in [0.717, 1.165) is 44.9 Å². The summed E-state index contributed by atoms with van der Waals surface area (Å²) < 4.78 is 0. The standard InChI is InChI=1S/C24H34N2O3/c1-13(27)21-17(18(12-25)22(26)29)11-20-16-5-4-14-10-15(28)6-8-23(14,2)19(16)7-9-24(20,21)3/h4,15-21,28H,5-11H2,1-3H3,(H2,26,29)/t15?,16?,17?,18?,19?,20?,21?,23-,24-/m0/s1. The van der Waals surface area contributed by atoms with Gasteiger partial charge < -0.3 is 10.8 Å². The number of carbonyl (C=O) groups is 2. The van der Waals surface area contributed by atoms with Crippen LogP contribution in [0.3, 0.4) is 0 Å². The van der Waals surface area contributed by atoms with Gasteiger partial charge in [0.15, 0.2) is 0 Å². The molecule has 0 aromatic carbocycles. The summed E-state index contributed by atoms with van der Waals surface area (Å²) in [7, 11) is 0. The van der Waals surface area contributed by atoms with Crippen LogP contribution in [0.15, 0.2) is 11.6 Å². The van der Waals surface area contributed by atoms with Gasteiger partial charge in [-0.25, -0.2) is 0 Å². The average molecular weight is 399 g/mol. The third kappa shape index (κ3) is 2.90. The van der Waals surface area contributed by atoms with Crippen molar-refractivity contribution in [1.29, 1.82) is 5.26 Å². The van der Waals surface area contributed by atoms with Gasteiger partial charge in [-0.1, -0.05) is 25.5 Å². The molecule has 0 radical (unpaired) electrons. The molecule has 3 saturated carbocycles. The van der Waals surface area contributed by atoms with E-state index in [2.05, 4.69) is 26.0 Å². The molecule has 5 heteroatoms. The molecule has 0 bridgehead atoms. The van der Waals surface area contributed by atoms with Crippen molar-refractivity contribution in [3.05, 3.63) is 11.6 Å². The van der Waals surface area contributed by atoms with Crippen LogP contribution in [0.25, 0.3) is 0 Å². The number of rotatable bonds is 3. The minimum absolute atomic E-state index is 0.0963. The van der Waals surface area contributed by atoms with Crippen LogP contribution in [0.1, 0.15) is 65.7 Å². The van der Waals surface area contributed by atoms with E-state index < -0.39 is 11.8 Å². The molecule has 7 unspecified atom stereocenters. The molecule has 3 fully saturated rings. The zero-order valence-electron chi connectivity index (χ0n) is 17.9. The van der Waals surface area contributed by atoms with Crippen LogP contribution in [0, 0.1) is 57.7 Å². The molecule has 0 spiro atoms. The Morgan fingerprint density at radius 2 is 2.00 bits per heavy atom. The Balaban J connectivity index is 1.71. The Labute approximate surface area is 173 Å². The molecule has 0 aromatic heterocycles. The zero-order valence-corrected chi connectivity index (χ0v) is 17.9. The molecule has 4 aliphatic carbocycles. The lowest BCUT2D eigenvalue weighted by Gasteiger charge is -2.57. The maximum atomic E-state index is 12.7. The summed E-state index contributed by atoms with van der Waals surface area (Å²) in [6, 6.07) is 2.12. The van der Waals surface area contributed by atoms with Gasteiger partial charge in [0.2, 0.25) is 5.91 Å². The highest BCUT2D eigenvalue weighted by atomic mass is 16.3. The molecular formula is C24H34N2O3. The van der Waals surface area contributed by atoms with Gasteiger partial charge in [-0.2, -0.15) is 5.26 Å². The highest BCUT2D eigenvalue weighted by Crippen LogP contribution is 2.68. The Hall–Kier alpha value is -1.67. The summed E-state index contributed by atoms with van der Waals surface area (Å²) >= 11 is 0. The van der Waals surface area contributed by atoms with Gasteiger partial charge >= 0.3 is 0 Å². The smallest absolute Gasteiger partial charge is 0.235 e. The number of ketones is 1. The number of carbonyl (C=O) groups excluding carboxylic acids is 2. The number of aliphatic hydroxyl groups is 1. The number of fused-ring (bicyclic) bond motifs is 5. The minimum Gasteiger partial charge on any atom is -0.393 e. The molecule has 9 atom stereocenters. The van der Waals surface area contributed by atoms with Gasteiger partial charge in [-0.05, 0) is 86.4 Å². The van der Waals surface area contributed by atoms with Crippen LogP contribution in [0.4, 0.5) is 0 Å². The van der Waals surface area contributed by atoms with Gasteiger partial charge in [0.25, 0.3) is 0 Å². The van der Waals surface area contributed by atoms with Crippen LogP contribution in [0.2, 0.25) is 0 Å². The van der Waals surface area contributed by atoms with Crippen LogP contribution < -0.4 is 5.73 Å². The van der Waals surface area contributed by atoms with E-state index in [1.54, 1.807) is 6.92 Å². The number of hydrogen-bond donors (Lipinski definition) is 2. The van der Waals surface area contributed by atoms with Gasteiger partial charge in [0.05, 0.1) is 12.2 Å². The number of primary amides is 1. The fourth-order valence-electron chi connectivity index (χ4n) is 8.20. The molecule has 3 N–H and O–H groups in total. The van der Waals surface area contributed by atoms with Crippen molar-refractivity contribution >= 4 is 11.7 Å². The molecule has 0 saturated heterocycles. The third-order valence-electron chi connectivity index (χ3n) is 9.49. The Morgan fingerprint density at radius 3 is 2.62 bits per heavy atom. The second-order valence-electron chi connectivity index (χ2n) is 10.7. The molecule has 4 rings (SSSR count). The number of aliphatic hydroxyl groups excluding tert-OH is 1. The Bertz CT molecular complexity index is 798. The number of allylic oxidation sites excluding steroid dienone is 1. The summed E-state index contributed by atoms with van der Waals surface area (Å²) in [6.07, 6.45) is 8.57. The van der Waals surface area contributed by atoms with E-state index in [9.17, 15) is 20.0 Å². The highest BCUT2D eigenvalue weighted by Gasteiger charge is 2.63. The van der Waals surface area contributed by atoms with E-state index >= 15 is 0 Å². The highest BCUT2D eigenvalue weighted by molar-refractivity contribution is 5.84. The van der Waals surface area contributed by atoms with Crippen molar-refractivity contribution in [3.8, 4) is 6.07 Å². The molecule has 158 valence electrons. The Kier molecular flexibility index (Phi) is 4.93. The van der Waals surface area contributed by atoms with E-state index in [-0.39, 0.29) is 34.6 Å². The number of hydrogen-bond acceptors (Lipinski definition) is 4. The number of nitrogens with two attached hydrogens (primary N) is 1. The fraction of sp³-hybridized carbons (Fsp3) is 0.792. The van der Waals surface area contributed by atoms with Crippen LogP contribution in [-0.2, 0) is 9.59 Å². The van der Waals surface area contributed by atoms with E-state index in [1.807, 2.05) is 0 Å². The number of Topliss-reactive ketones (excluding diaryl/α,β-unsaturated/α-hetero) is 1. The maximum absolute atomic E-state index is 12.7. The molecular weight excluding hydrogens is 364 g/mol. The maximum Gasteiger partial charge on any atom is 0.235 e. The Morgan fingerprint density at radius 1 is 1.28 bits per heavy atom. The van der Waals surface area contributed by atoms with E-state index in [1.165, 1.54) is 5.57 Å². The molecule has 5 nitrogen and oxygen atoms in total. The summed E-state index contributed by atoms with van der Waals surface area (Å²) in [5, 5.41) is 19.8. The van der Waals surface area contributed by atoms with Crippen molar-refractivity contribution in [2.24, 2.45) is 52.1 Å². The van der Waals surface area contributed by atoms with Crippen LogP contribution in [-0.4, -0.2) is 22.9 Å². The predicted molar refractivity (Wildman–Crippen MR) is 109 cm³/mol. The first-order chi connectivity index (χ1) is 13.6. The lowest BCUT2D eigenvalue weighted by atomic mass is 9.47. The SMILES string of the molecule is CC(=O)C1C(C(C#N)C(N)=O)CC2C3CC=C4CC(O)CC[C@]4(C)C3CC[C@@]21C. The summed E-state index contributed by atoms with van der Waals surface area (Å²) in [6.45, 7) is 6.22. The van der Waals surface area contributed by atoms with Gasteiger partial charge in [0.1, 0.15) is 11.7 Å². The van der Waals surface area contributed by atoms with Crippen molar-refractivity contribution in [2.75, 3.05) is 0 Å². The molecule has 4 aliphatic rings. The first-order valence-electron chi connectivity index (χ1n) is 11.2. The second kappa shape index (κ2) is 6.94. The van der Waals surface area contributed by atoms with Gasteiger partial charge in [-0.3, -0.25) is 9.59 Å². The number of nitriles is 1. The largest absolute Gasteiger partial charge is 0.393 e. The van der Waals surface area contributed by atoms with Crippen molar-refractivity contribution in [3.63, 3.8) is 0 Å². The van der Waals surface area contributed by atoms with Crippen molar-refractivity contribution < 1.29 is 14.7 Å². The van der Waals surface area contributed by atoms with Crippen LogP contribution >= 0.6 is 0 Å². The van der Waals surface area contributed by atoms with Crippen molar-refractivity contribution in [1.82, 2.24) is 0 Å². The topological polar surface area (TPSA) is 104 Å². The first kappa shape index (κ1) is 20.6. The summed E-state index contributed by atoms with van der Waals surface area (Å²) in [5.41, 5.74) is 6.95. The van der Waals surface area contributed by atoms with E-state index in [0.29, 0.717) is 17.8 Å². The van der Waals surface area contributed by atoms with Crippen molar-refractivity contribution in [2.45, 2.75) is 71.8 Å². The lowest BCUT2D eigenvalue weighted by Crippen LogP contribution is -2.51. The monoisotopic (exact) mass is 398 g/mol. The number of nitrogens with zero attached hydrogens (tertiary/aromatic N) is 1. The molecule has 0 aromatic rings. The van der Waals surface area contributed by atoms with Crippen LogP contribution in [0.5, 0.6) is 0 Å². The first-order valence-corrected chi connectivity index (χ1v) is 11.2. The summed E-state index contributed by atoms with van der Waals surface area (Å²) in [5.74, 6) is -0.574. The summed E-state index contributed by atoms with van der Waals surface area (Å²) in [4.78, 5) is 24.7. The van der Waals surface area contributed by atoms with Gasteiger partial charge in [-0.15, -0.1) is 0 Å². The zero-order chi connectivity index (χ0) is 21.1. The van der Waals surface area contributed by atoms with E-state index in [4.69, 9.17) is 5.73 Å². The lowest BCUT2D eigenvalue weighted by molar-refractivity contribution is -0.130. The fourth-order valence-corrected chi connectivity index (χ4v) is 8.20.